The summed E-state index contributed by atoms with van der Waals surface area (Å²) in [5.41, 5.74) is 1.32. The molecule has 2 aromatic rings. The number of hydrogen-bond donors (Lipinski definition) is 0. The molecule has 2 rings (SSSR count). The molecule has 4 nitrogen and oxygen atoms in total. The van der Waals surface area contributed by atoms with Gasteiger partial charge in [-0.05, 0) is 6.92 Å². The van der Waals surface area contributed by atoms with Crippen LogP contribution in [0.4, 0.5) is 13.2 Å². The van der Waals surface area contributed by atoms with Crippen molar-refractivity contribution < 1.29 is 32.2 Å². The van der Waals surface area contributed by atoms with Crippen LogP contribution in [0.2, 0.25) is 0 Å². The molecule has 0 amide bonds. The highest BCUT2D eigenvalue weighted by atomic mass is 19.4. The second-order valence-electron chi connectivity index (χ2n) is 4.50. The molecule has 1 unspecified atom stereocenters. The number of carbonyl (C=O) groups is 2. The van der Waals surface area contributed by atoms with Gasteiger partial charge >= 0.3 is 6.18 Å². The maximum atomic E-state index is 11.8. The summed E-state index contributed by atoms with van der Waals surface area (Å²) in [6.07, 6.45) is -7.11. The van der Waals surface area contributed by atoms with Crippen molar-refractivity contribution in [3.63, 3.8) is 0 Å². The smallest absolute Gasteiger partial charge is 0.428 e. The third kappa shape index (κ3) is 17.8. The van der Waals surface area contributed by atoms with Gasteiger partial charge in [0.2, 0.25) is 6.10 Å². The molecule has 0 heterocycles. The van der Waals surface area contributed by atoms with E-state index in [1.54, 1.807) is 0 Å². The standard InChI is InChI=1S/C7H8.C6H6.C5H5F3O4.C2H6/c1-7-5-3-2-4-6-7;1-2-4-6-5-3-1;6-5(7,8)4(12-3-10)1-11-2-9;1-2/h2-6H,1H3;1-6H;2-4H,1H2;1-2H3. The second kappa shape index (κ2) is 18.0. The Balaban J connectivity index is 0. The van der Waals surface area contributed by atoms with Gasteiger partial charge in [-0.2, -0.15) is 13.2 Å². The lowest BCUT2D eigenvalue weighted by Gasteiger charge is -2.16. The third-order valence-electron chi connectivity index (χ3n) is 2.51. The lowest BCUT2D eigenvalue weighted by Crippen LogP contribution is -2.35. The van der Waals surface area contributed by atoms with Gasteiger partial charge in [-0.3, -0.25) is 9.59 Å². The number of halogens is 3. The molecule has 0 saturated carbocycles. The molecule has 0 aromatic heterocycles. The lowest BCUT2D eigenvalue weighted by molar-refractivity contribution is -0.224. The van der Waals surface area contributed by atoms with Crippen LogP contribution in [0.1, 0.15) is 19.4 Å². The maximum Gasteiger partial charge on any atom is 0.428 e. The SMILES string of the molecule is CC.Cc1ccccc1.O=COCC(OC=O)C(F)(F)F.c1ccccc1. The monoisotopic (exact) mass is 386 g/mol. The Hall–Kier alpha value is -2.83. The summed E-state index contributed by atoms with van der Waals surface area (Å²) < 4.78 is 42.7. The zero-order valence-corrected chi connectivity index (χ0v) is 15.6. The Morgan fingerprint density at radius 3 is 1.52 bits per heavy atom. The molecular formula is C20H25F3O4. The van der Waals surface area contributed by atoms with Gasteiger partial charge < -0.3 is 9.47 Å². The van der Waals surface area contributed by atoms with Crippen LogP contribution in [-0.2, 0) is 19.1 Å². The topological polar surface area (TPSA) is 52.6 Å². The first-order valence-corrected chi connectivity index (χ1v) is 8.14. The molecule has 0 fully saturated rings. The van der Waals surface area contributed by atoms with Crippen LogP contribution < -0.4 is 0 Å². The van der Waals surface area contributed by atoms with Crippen LogP contribution in [0.3, 0.4) is 0 Å². The van der Waals surface area contributed by atoms with E-state index in [1.807, 2.05) is 68.4 Å². The van der Waals surface area contributed by atoms with Crippen molar-refractivity contribution in [3.05, 3.63) is 72.3 Å². The molecule has 150 valence electrons. The number of ether oxygens (including phenoxy) is 2. The van der Waals surface area contributed by atoms with Crippen LogP contribution in [0.25, 0.3) is 0 Å². The van der Waals surface area contributed by atoms with Gasteiger partial charge in [-0.15, -0.1) is 0 Å². The number of rotatable bonds is 5. The van der Waals surface area contributed by atoms with E-state index in [9.17, 15) is 22.8 Å². The summed E-state index contributed by atoms with van der Waals surface area (Å²) >= 11 is 0. The molecule has 2 aromatic carbocycles. The summed E-state index contributed by atoms with van der Waals surface area (Å²) in [7, 11) is 0. The van der Waals surface area contributed by atoms with E-state index in [2.05, 4.69) is 28.5 Å². The second-order valence-corrected chi connectivity index (χ2v) is 4.50. The number of carbonyl (C=O) groups excluding carboxylic acids is 2. The van der Waals surface area contributed by atoms with Crippen molar-refractivity contribution in [1.29, 1.82) is 0 Å². The predicted octanol–water partition coefficient (Wildman–Crippen LogP) is 4.97. The number of aryl methyl sites for hydroxylation is 1. The zero-order chi connectivity index (χ0) is 21.0. The minimum atomic E-state index is -4.72. The summed E-state index contributed by atoms with van der Waals surface area (Å²) in [4.78, 5) is 19.1. The van der Waals surface area contributed by atoms with Crippen LogP contribution in [-0.4, -0.2) is 31.8 Å². The number of hydrogen-bond acceptors (Lipinski definition) is 4. The largest absolute Gasteiger partial charge is 0.464 e. The fraction of sp³-hybridized carbons (Fsp3) is 0.300. The summed E-state index contributed by atoms with van der Waals surface area (Å²) in [6.45, 7) is 4.55. The minimum absolute atomic E-state index is 0.160. The maximum absolute atomic E-state index is 11.8. The first-order chi connectivity index (χ1) is 12.9. The van der Waals surface area contributed by atoms with Gasteiger partial charge in [-0.25, -0.2) is 0 Å². The van der Waals surface area contributed by atoms with E-state index in [0.29, 0.717) is 0 Å². The van der Waals surface area contributed by atoms with Gasteiger partial charge in [0.05, 0.1) is 0 Å². The molecule has 7 heteroatoms. The highest BCUT2D eigenvalue weighted by Crippen LogP contribution is 2.22. The molecule has 0 spiro atoms. The Kier molecular flexibility index (Phi) is 17.6. The fourth-order valence-corrected chi connectivity index (χ4v) is 1.32. The predicted molar refractivity (Wildman–Crippen MR) is 98.0 cm³/mol. The molecule has 0 aliphatic rings. The molecule has 0 N–H and O–H groups in total. The van der Waals surface area contributed by atoms with Crippen LogP contribution in [0, 0.1) is 6.92 Å². The lowest BCUT2D eigenvalue weighted by atomic mass is 10.2. The Labute approximate surface area is 157 Å². The van der Waals surface area contributed by atoms with Crippen molar-refractivity contribution >= 4 is 12.9 Å². The Bertz CT molecular complexity index is 534. The van der Waals surface area contributed by atoms with E-state index in [-0.39, 0.29) is 12.9 Å². The average Bonchev–Trinajstić information content (AvgIpc) is 2.69. The number of alkyl halides is 3. The van der Waals surface area contributed by atoms with E-state index < -0.39 is 18.9 Å². The first-order valence-electron chi connectivity index (χ1n) is 8.14. The zero-order valence-electron chi connectivity index (χ0n) is 15.6. The van der Waals surface area contributed by atoms with Crippen LogP contribution in [0.5, 0.6) is 0 Å². The van der Waals surface area contributed by atoms with Crippen molar-refractivity contribution in [2.75, 3.05) is 6.61 Å². The van der Waals surface area contributed by atoms with Gasteiger partial charge in [0.1, 0.15) is 6.61 Å². The quantitative estimate of drug-likeness (QED) is 0.681. The molecule has 0 aliphatic carbocycles. The van der Waals surface area contributed by atoms with Crippen LogP contribution >= 0.6 is 0 Å². The Morgan fingerprint density at radius 2 is 1.26 bits per heavy atom. The molecule has 0 saturated heterocycles. The van der Waals surface area contributed by atoms with Crippen molar-refractivity contribution in [2.24, 2.45) is 0 Å². The summed E-state index contributed by atoms with van der Waals surface area (Å²) in [6, 6.07) is 22.3. The van der Waals surface area contributed by atoms with Crippen molar-refractivity contribution in [3.8, 4) is 0 Å². The van der Waals surface area contributed by atoms with Crippen molar-refractivity contribution in [1.82, 2.24) is 0 Å². The van der Waals surface area contributed by atoms with E-state index in [4.69, 9.17) is 0 Å². The van der Waals surface area contributed by atoms with Gasteiger partial charge in [0.25, 0.3) is 12.9 Å². The van der Waals surface area contributed by atoms with Crippen molar-refractivity contribution in [2.45, 2.75) is 33.1 Å². The first kappa shape index (κ1) is 26.4. The normalized spacial score (nSPS) is 10.1. The molecule has 27 heavy (non-hydrogen) atoms. The van der Waals surface area contributed by atoms with Gasteiger partial charge in [-0.1, -0.05) is 86.1 Å². The Morgan fingerprint density at radius 1 is 0.852 bits per heavy atom. The van der Waals surface area contributed by atoms with Crippen LogP contribution in [0.15, 0.2) is 66.7 Å². The highest BCUT2D eigenvalue weighted by Gasteiger charge is 2.42. The van der Waals surface area contributed by atoms with E-state index in [0.717, 1.165) is 0 Å². The average molecular weight is 386 g/mol. The van der Waals surface area contributed by atoms with E-state index in [1.165, 1.54) is 5.56 Å². The fourth-order valence-electron chi connectivity index (χ4n) is 1.32. The summed E-state index contributed by atoms with van der Waals surface area (Å²) in [5, 5.41) is 0. The summed E-state index contributed by atoms with van der Waals surface area (Å²) in [5.74, 6) is 0. The number of benzene rings is 2. The molecule has 0 aliphatic heterocycles. The molecular weight excluding hydrogens is 361 g/mol. The third-order valence-corrected chi connectivity index (χ3v) is 2.51. The molecule has 0 radical (unpaired) electrons. The minimum Gasteiger partial charge on any atom is -0.464 e. The molecule has 0 bridgehead atoms. The molecule has 1 atom stereocenters. The highest BCUT2D eigenvalue weighted by molar-refractivity contribution is 5.38. The van der Waals surface area contributed by atoms with E-state index >= 15 is 0 Å². The van der Waals surface area contributed by atoms with Gasteiger partial charge in [0, 0.05) is 0 Å². The van der Waals surface area contributed by atoms with Gasteiger partial charge in [0.15, 0.2) is 0 Å².